The Morgan fingerprint density at radius 2 is 1.72 bits per heavy atom. The smallest absolute Gasteiger partial charge is 0.417 e. The molecular weight excluding hydrogens is 509 g/mol. The third kappa shape index (κ3) is 6.97. The molecule has 0 aliphatic carbocycles. The number of carbonyl (C=O) groups excluding carboxylic acids is 2. The summed E-state index contributed by atoms with van der Waals surface area (Å²) in [5.41, 5.74) is 7.11. The van der Waals surface area contributed by atoms with E-state index >= 15 is 0 Å². The average molecular weight is 541 g/mol. The number of esters is 1. The van der Waals surface area contributed by atoms with Gasteiger partial charge < -0.3 is 20.1 Å². The van der Waals surface area contributed by atoms with Crippen LogP contribution in [0.5, 0.6) is 5.75 Å². The van der Waals surface area contributed by atoms with Crippen molar-refractivity contribution in [3.8, 4) is 16.9 Å². The minimum absolute atomic E-state index is 0.0552. The monoisotopic (exact) mass is 540 g/mol. The topological polar surface area (TPSA) is 81.9 Å². The number of fused-ring (bicyclic) bond motifs is 1. The number of rotatable bonds is 7. The molecule has 206 valence electrons. The second-order valence-electron chi connectivity index (χ2n) is 10.5. The maximum absolute atomic E-state index is 13.8. The summed E-state index contributed by atoms with van der Waals surface area (Å²) in [6, 6.07) is 16.7. The van der Waals surface area contributed by atoms with Gasteiger partial charge in [-0.1, -0.05) is 42.5 Å². The highest BCUT2D eigenvalue weighted by Gasteiger charge is 2.34. The van der Waals surface area contributed by atoms with Crippen molar-refractivity contribution < 1.29 is 32.2 Å². The number of nitrogens with zero attached hydrogens (tertiary/aromatic N) is 1. The van der Waals surface area contributed by atoms with Gasteiger partial charge in [-0.25, -0.2) is 0 Å². The summed E-state index contributed by atoms with van der Waals surface area (Å²) >= 11 is 0. The minimum atomic E-state index is -4.52. The van der Waals surface area contributed by atoms with E-state index in [4.69, 9.17) is 15.2 Å². The molecule has 3 aromatic rings. The van der Waals surface area contributed by atoms with Gasteiger partial charge in [-0.15, -0.1) is 0 Å². The molecule has 0 unspecified atom stereocenters. The van der Waals surface area contributed by atoms with Crippen LogP contribution in [0.1, 0.15) is 43.9 Å². The minimum Gasteiger partial charge on any atom is -0.489 e. The van der Waals surface area contributed by atoms with Crippen LogP contribution in [0.3, 0.4) is 0 Å². The molecule has 3 aromatic carbocycles. The molecule has 0 bridgehead atoms. The molecular formula is C30H31F3N2O4. The highest BCUT2D eigenvalue weighted by Crippen LogP contribution is 2.38. The Kier molecular flexibility index (Phi) is 8.02. The first-order chi connectivity index (χ1) is 18.3. The molecule has 0 spiro atoms. The number of amides is 1. The van der Waals surface area contributed by atoms with Gasteiger partial charge in [-0.05, 0) is 73.7 Å². The Hall–Kier alpha value is -3.85. The summed E-state index contributed by atoms with van der Waals surface area (Å²) in [5.74, 6) is -0.453. The van der Waals surface area contributed by atoms with Gasteiger partial charge in [0.25, 0.3) is 0 Å². The summed E-state index contributed by atoms with van der Waals surface area (Å²) in [4.78, 5) is 26.5. The fraction of sp³-hybridized carbons (Fsp3) is 0.333. The van der Waals surface area contributed by atoms with Gasteiger partial charge in [0.2, 0.25) is 5.91 Å². The lowest BCUT2D eigenvalue weighted by Gasteiger charge is -2.23. The van der Waals surface area contributed by atoms with Gasteiger partial charge in [0, 0.05) is 12.2 Å². The summed E-state index contributed by atoms with van der Waals surface area (Å²) < 4.78 is 52.5. The molecule has 0 fully saturated rings. The third-order valence-corrected chi connectivity index (χ3v) is 6.22. The van der Waals surface area contributed by atoms with Crippen molar-refractivity contribution in [2.75, 3.05) is 11.4 Å². The zero-order valence-corrected chi connectivity index (χ0v) is 22.0. The van der Waals surface area contributed by atoms with E-state index in [9.17, 15) is 22.8 Å². The van der Waals surface area contributed by atoms with Crippen molar-refractivity contribution in [1.29, 1.82) is 0 Å². The number of hydrogen-bond donors (Lipinski definition) is 1. The number of ether oxygens (including phenoxy) is 2. The van der Waals surface area contributed by atoms with Gasteiger partial charge in [0.15, 0.2) is 0 Å². The average Bonchev–Trinajstić information content (AvgIpc) is 3.29. The van der Waals surface area contributed by atoms with Crippen molar-refractivity contribution in [2.45, 2.75) is 58.0 Å². The Morgan fingerprint density at radius 1 is 1.00 bits per heavy atom. The van der Waals surface area contributed by atoms with Crippen molar-refractivity contribution in [3.05, 3.63) is 83.4 Å². The van der Waals surface area contributed by atoms with Crippen LogP contribution >= 0.6 is 0 Å². The number of nitrogens with two attached hydrogens (primary N) is 1. The third-order valence-electron chi connectivity index (χ3n) is 6.22. The predicted molar refractivity (Wildman–Crippen MR) is 142 cm³/mol. The van der Waals surface area contributed by atoms with Crippen LogP contribution in [-0.4, -0.2) is 30.1 Å². The van der Waals surface area contributed by atoms with Crippen LogP contribution in [-0.2, 0) is 33.5 Å². The first-order valence-corrected chi connectivity index (χ1v) is 12.6. The van der Waals surface area contributed by atoms with Gasteiger partial charge in [-0.2, -0.15) is 13.2 Å². The molecule has 0 aromatic heterocycles. The zero-order valence-electron chi connectivity index (χ0n) is 22.0. The van der Waals surface area contributed by atoms with E-state index in [-0.39, 0.29) is 24.5 Å². The van der Waals surface area contributed by atoms with Gasteiger partial charge >= 0.3 is 12.1 Å². The summed E-state index contributed by atoms with van der Waals surface area (Å²) in [5, 5.41) is 0. The summed E-state index contributed by atoms with van der Waals surface area (Å²) in [6.45, 7) is 5.56. The second-order valence-corrected chi connectivity index (χ2v) is 10.5. The lowest BCUT2D eigenvalue weighted by Crippen LogP contribution is -2.45. The van der Waals surface area contributed by atoms with Crippen molar-refractivity contribution in [1.82, 2.24) is 0 Å². The predicted octanol–water partition coefficient (Wildman–Crippen LogP) is 5.90. The van der Waals surface area contributed by atoms with Crippen molar-refractivity contribution in [3.63, 3.8) is 0 Å². The Bertz CT molecular complexity index is 1350. The van der Waals surface area contributed by atoms with E-state index in [1.54, 1.807) is 75.4 Å². The summed E-state index contributed by atoms with van der Waals surface area (Å²) in [6.07, 6.45) is -4.19. The first-order valence-electron chi connectivity index (χ1n) is 12.6. The molecule has 1 heterocycles. The van der Waals surface area contributed by atoms with Gasteiger partial charge in [-0.3, -0.25) is 9.59 Å². The molecule has 9 heteroatoms. The quantitative estimate of drug-likeness (QED) is 0.378. The fourth-order valence-corrected chi connectivity index (χ4v) is 4.50. The molecule has 1 amide bonds. The molecule has 1 aliphatic heterocycles. The van der Waals surface area contributed by atoms with Crippen molar-refractivity contribution >= 4 is 17.6 Å². The lowest BCUT2D eigenvalue weighted by molar-refractivity contribution is -0.156. The summed E-state index contributed by atoms with van der Waals surface area (Å²) in [7, 11) is 0. The van der Waals surface area contributed by atoms with Crippen LogP contribution in [0.15, 0.2) is 66.7 Å². The van der Waals surface area contributed by atoms with E-state index in [2.05, 4.69) is 0 Å². The number of hydrogen-bond acceptors (Lipinski definition) is 5. The number of halogens is 3. The van der Waals surface area contributed by atoms with E-state index < -0.39 is 29.4 Å². The first kappa shape index (κ1) is 28.2. The molecule has 4 rings (SSSR count). The van der Waals surface area contributed by atoms with Crippen LogP contribution < -0.4 is 15.4 Å². The van der Waals surface area contributed by atoms with Crippen LogP contribution in [0.25, 0.3) is 11.1 Å². The van der Waals surface area contributed by atoms with E-state index in [0.717, 1.165) is 11.6 Å². The van der Waals surface area contributed by atoms with E-state index in [1.807, 2.05) is 0 Å². The second kappa shape index (κ2) is 11.1. The molecule has 0 saturated heterocycles. The SMILES string of the molecule is CC(C)(C)OC(=O)C[C@@H](N)C(=O)N1CCc2cc(OCc3ccc(-c4ccccc4)c(C(F)(F)F)c3)ccc21. The van der Waals surface area contributed by atoms with Crippen LogP contribution in [0, 0.1) is 0 Å². The number of alkyl halides is 3. The standard InChI is InChI=1S/C30H31F3N2O4/c1-29(2,3)39-27(36)17-25(34)28(37)35-14-13-21-16-22(10-12-26(21)35)38-18-19-9-11-23(20-7-5-4-6-8-20)24(15-19)30(31,32)33/h4-12,15-16,25H,13-14,17-18,34H2,1-3H3/t25-/m1/s1. The lowest BCUT2D eigenvalue weighted by atomic mass is 9.97. The molecule has 2 N–H and O–H groups in total. The highest BCUT2D eigenvalue weighted by atomic mass is 19.4. The largest absolute Gasteiger partial charge is 0.489 e. The Balaban J connectivity index is 1.43. The molecule has 0 radical (unpaired) electrons. The maximum Gasteiger partial charge on any atom is 0.417 e. The maximum atomic E-state index is 13.8. The molecule has 1 atom stereocenters. The molecule has 0 saturated carbocycles. The van der Waals surface area contributed by atoms with Gasteiger partial charge in [0.05, 0.1) is 18.0 Å². The Morgan fingerprint density at radius 3 is 2.38 bits per heavy atom. The zero-order chi connectivity index (χ0) is 28.4. The van der Waals surface area contributed by atoms with E-state index in [1.165, 1.54) is 11.0 Å². The number of benzene rings is 3. The number of anilines is 1. The van der Waals surface area contributed by atoms with Crippen LogP contribution in [0.4, 0.5) is 18.9 Å². The fourth-order valence-electron chi connectivity index (χ4n) is 4.50. The number of carbonyl (C=O) groups is 2. The Labute approximate surface area is 225 Å². The van der Waals surface area contributed by atoms with E-state index in [0.29, 0.717) is 35.5 Å². The molecule has 39 heavy (non-hydrogen) atoms. The van der Waals surface area contributed by atoms with Crippen LogP contribution in [0.2, 0.25) is 0 Å². The molecule has 6 nitrogen and oxygen atoms in total. The van der Waals surface area contributed by atoms with Gasteiger partial charge in [0.1, 0.15) is 18.0 Å². The molecule has 1 aliphatic rings. The normalized spacial score (nSPS) is 14.1. The van der Waals surface area contributed by atoms with Crippen molar-refractivity contribution in [2.24, 2.45) is 5.73 Å². The highest BCUT2D eigenvalue weighted by molar-refractivity contribution is 6.00.